The fraction of sp³-hybridized carbons (Fsp3) is 1.00. The summed E-state index contributed by atoms with van der Waals surface area (Å²) in [6, 6.07) is -0.616. The molecule has 0 saturated carbocycles. The number of aliphatic hydroxyl groups is 4. The average Bonchev–Trinajstić information content (AvgIpc) is 2.32. The number of aliphatic hydroxyl groups excluding tert-OH is 4. The topological polar surface area (TPSA) is 93.0 Å². The molecule has 5 N–H and O–H groups in total. The van der Waals surface area contributed by atoms with E-state index in [-0.39, 0.29) is 6.54 Å². The Morgan fingerprint density at radius 3 is 2.45 bits per heavy atom. The van der Waals surface area contributed by atoms with Gasteiger partial charge in [0.15, 0.2) is 0 Å². The molecule has 0 amide bonds. The minimum atomic E-state index is -1.01. The summed E-state index contributed by atoms with van der Waals surface area (Å²) in [6.07, 6.45) is -2.85. The summed E-state index contributed by atoms with van der Waals surface area (Å²) in [4.78, 5) is 0. The van der Waals surface area contributed by atoms with Crippen molar-refractivity contribution < 1.29 is 20.4 Å². The number of β-amino-alcohol motifs (C(OH)–C–C–N with tert-alkyl or cyclic N) is 1. The van der Waals surface area contributed by atoms with Crippen molar-refractivity contribution in [3.05, 3.63) is 0 Å². The first kappa shape index (κ1) is 8.89. The molecule has 4 atom stereocenters. The van der Waals surface area contributed by atoms with Crippen LogP contribution in [0.4, 0.5) is 0 Å². The lowest BCUT2D eigenvalue weighted by molar-refractivity contribution is -0.00977. The van der Waals surface area contributed by atoms with Crippen molar-refractivity contribution in [2.45, 2.75) is 24.4 Å². The van der Waals surface area contributed by atoms with Gasteiger partial charge in [-0.3, -0.25) is 0 Å². The molecule has 1 unspecified atom stereocenters. The Bertz CT molecular complexity index is 132. The van der Waals surface area contributed by atoms with Crippen LogP contribution in [0.25, 0.3) is 0 Å². The van der Waals surface area contributed by atoms with Gasteiger partial charge in [-0.05, 0) is 0 Å². The van der Waals surface area contributed by atoms with Gasteiger partial charge in [0.2, 0.25) is 0 Å². The fourth-order valence-electron chi connectivity index (χ4n) is 1.21. The van der Waals surface area contributed by atoms with Crippen LogP contribution in [-0.2, 0) is 0 Å². The minimum Gasteiger partial charge on any atom is -0.394 e. The Balaban J connectivity index is 2.47. The van der Waals surface area contributed by atoms with Crippen molar-refractivity contribution in [2.24, 2.45) is 0 Å². The van der Waals surface area contributed by atoms with Gasteiger partial charge < -0.3 is 25.7 Å². The zero-order valence-corrected chi connectivity index (χ0v) is 6.01. The molecule has 11 heavy (non-hydrogen) atoms. The van der Waals surface area contributed by atoms with Crippen molar-refractivity contribution >= 4 is 0 Å². The summed E-state index contributed by atoms with van der Waals surface area (Å²) in [5.74, 6) is 0. The molecule has 1 aliphatic rings. The molecule has 0 aliphatic carbocycles. The number of rotatable bonds is 2. The Morgan fingerprint density at radius 1 is 1.45 bits per heavy atom. The second-order valence-electron chi connectivity index (χ2n) is 2.74. The summed E-state index contributed by atoms with van der Waals surface area (Å²) in [6.45, 7) is -0.162. The lowest BCUT2D eigenvalue weighted by atomic mass is 10.1. The molecule has 1 fully saturated rings. The molecule has 0 bridgehead atoms. The average molecular weight is 163 g/mol. The maximum absolute atomic E-state index is 9.18. The second-order valence-corrected chi connectivity index (χ2v) is 2.74. The smallest absolute Gasteiger partial charge is 0.0990 e. The lowest BCUT2D eigenvalue weighted by Gasteiger charge is -2.19. The molecule has 0 aromatic carbocycles. The van der Waals surface area contributed by atoms with Gasteiger partial charge in [-0.15, -0.1) is 0 Å². The van der Waals surface area contributed by atoms with E-state index in [4.69, 9.17) is 15.3 Å². The molecule has 0 radical (unpaired) electrons. The second kappa shape index (κ2) is 3.46. The van der Waals surface area contributed by atoms with Gasteiger partial charge in [0.05, 0.1) is 31.0 Å². The third-order valence-corrected chi connectivity index (χ3v) is 1.93. The highest BCUT2D eigenvalue weighted by atomic mass is 16.3. The first-order valence-corrected chi connectivity index (χ1v) is 3.55. The van der Waals surface area contributed by atoms with Crippen LogP contribution in [-0.4, -0.2) is 57.9 Å². The van der Waals surface area contributed by atoms with Crippen LogP contribution < -0.4 is 5.32 Å². The van der Waals surface area contributed by atoms with Gasteiger partial charge >= 0.3 is 0 Å². The SMILES string of the molecule is OC[C@@H](O)C1NC[C@@H](O)[C@H]1O. The molecule has 0 aromatic heterocycles. The van der Waals surface area contributed by atoms with Crippen LogP contribution in [0.15, 0.2) is 0 Å². The molecule has 5 heteroatoms. The van der Waals surface area contributed by atoms with Crippen LogP contribution in [0.3, 0.4) is 0 Å². The van der Waals surface area contributed by atoms with E-state index in [0.717, 1.165) is 0 Å². The van der Waals surface area contributed by atoms with E-state index < -0.39 is 31.0 Å². The Labute approximate surface area is 64.3 Å². The molecule has 1 aliphatic heterocycles. The van der Waals surface area contributed by atoms with E-state index in [1.54, 1.807) is 0 Å². The van der Waals surface area contributed by atoms with E-state index in [1.165, 1.54) is 0 Å². The van der Waals surface area contributed by atoms with Crippen molar-refractivity contribution in [1.29, 1.82) is 0 Å². The predicted molar refractivity (Wildman–Crippen MR) is 36.9 cm³/mol. The molecule has 0 aromatic rings. The molecule has 0 spiro atoms. The third-order valence-electron chi connectivity index (χ3n) is 1.93. The predicted octanol–water partition coefficient (Wildman–Crippen LogP) is -2.97. The zero-order valence-electron chi connectivity index (χ0n) is 6.01. The lowest BCUT2D eigenvalue weighted by Crippen LogP contribution is -2.44. The Morgan fingerprint density at radius 2 is 2.09 bits per heavy atom. The number of hydrogen-bond donors (Lipinski definition) is 5. The van der Waals surface area contributed by atoms with E-state index in [9.17, 15) is 5.11 Å². The quantitative estimate of drug-likeness (QED) is 0.300. The van der Waals surface area contributed by atoms with Gasteiger partial charge in [0.1, 0.15) is 0 Å². The Kier molecular flexibility index (Phi) is 2.80. The summed E-state index contributed by atoms with van der Waals surface area (Å²) in [5, 5.41) is 38.5. The van der Waals surface area contributed by atoms with Crippen LogP contribution >= 0.6 is 0 Å². The van der Waals surface area contributed by atoms with Crippen molar-refractivity contribution in [3.63, 3.8) is 0 Å². The Hall–Kier alpha value is -0.200. The monoisotopic (exact) mass is 163 g/mol. The van der Waals surface area contributed by atoms with E-state index >= 15 is 0 Å². The van der Waals surface area contributed by atoms with Crippen LogP contribution in [0.2, 0.25) is 0 Å². The molecule has 1 saturated heterocycles. The maximum atomic E-state index is 9.18. The third kappa shape index (κ3) is 1.69. The van der Waals surface area contributed by atoms with Gasteiger partial charge in [0, 0.05) is 6.54 Å². The van der Waals surface area contributed by atoms with Gasteiger partial charge in [-0.2, -0.15) is 0 Å². The largest absolute Gasteiger partial charge is 0.394 e. The molecule has 1 rings (SSSR count). The number of hydrogen-bond acceptors (Lipinski definition) is 5. The maximum Gasteiger partial charge on any atom is 0.0990 e. The van der Waals surface area contributed by atoms with Gasteiger partial charge in [0.25, 0.3) is 0 Å². The molecular weight excluding hydrogens is 150 g/mol. The van der Waals surface area contributed by atoms with Crippen molar-refractivity contribution in [2.75, 3.05) is 13.2 Å². The first-order valence-electron chi connectivity index (χ1n) is 3.55. The standard InChI is InChI=1S/C6H13NO4/c8-2-4(10)5-6(11)3(9)1-7-5/h3-11H,1-2H2/t3-,4-,5?,6-/m1/s1. The highest BCUT2D eigenvalue weighted by Gasteiger charge is 2.36. The molecular formula is C6H13NO4. The van der Waals surface area contributed by atoms with Gasteiger partial charge in [-0.1, -0.05) is 0 Å². The van der Waals surface area contributed by atoms with E-state index in [2.05, 4.69) is 5.32 Å². The molecule has 5 nitrogen and oxygen atoms in total. The summed E-state index contributed by atoms with van der Waals surface area (Å²) in [7, 11) is 0. The summed E-state index contributed by atoms with van der Waals surface area (Å²) < 4.78 is 0. The molecule has 1 heterocycles. The van der Waals surface area contributed by atoms with Crippen LogP contribution in [0.1, 0.15) is 0 Å². The number of nitrogens with one attached hydrogen (secondary N) is 1. The molecule has 66 valence electrons. The van der Waals surface area contributed by atoms with Crippen LogP contribution in [0.5, 0.6) is 0 Å². The van der Waals surface area contributed by atoms with Gasteiger partial charge in [-0.25, -0.2) is 0 Å². The zero-order chi connectivity index (χ0) is 8.43. The summed E-state index contributed by atoms with van der Waals surface area (Å²) in [5.41, 5.74) is 0. The fourth-order valence-corrected chi connectivity index (χ4v) is 1.21. The van der Waals surface area contributed by atoms with Crippen molar-refractivity contribution in [1.82, 2.24) is 5.32 Å². The summed E-state index contributed by atoms with van der Waals surface area (Å²) >= 11 is 0. The highest BCUT2D eigenvalue weighted by molar-refractivity contribution is 4.94. The highest BCUT2D eigenvalue weighted by Crippen LogP contribution is 2.10. The van der Waals surface area contributed by atoms with E-state index in [0.29, 0.717) is 0 Å². The van der Waals surface area contributed by atoms with Crippen LogP contribution in [0, 0.1) is 0 Å². The first-order chi connectivity index (χ1) is 5.16. The normalized spacial score (nSPS) is 40.9. The minimum absolute atomic E-state index is 0.253. The van der Waals surface area contributed by atoms with Crippen molar-refractivity contribution in [3.8, 4) is 0 Å². The van der Waals surface area contributed by atoms with E-state index in [1.807, 2.05) is 0 Å².